The molecule has 0 amide bonds. The average Bonchev–Trinajstić information content (AvgIpc) is 2.21. The topological polar surface area (TPSA) is 40.1 Å². The third-order valence-corrected chi connectivity index (χ3v) is 1.99. The van der Waals surface area contributed by atoms with Gasteiger partial charge in [-0.2, -0.15) is 0 Å². The molecule has 0 radical (unpaired) electrons. The molecule has 0 saturated heterocycles. The van der Waals surface area contributed by atoms with E-state index in [1.807, 2.05) is 0 Å². The van der Waals surface area contributed by atoms with E-state index in [0.29, 0.717) is 6.42 Å². The van der Waals surface area contributed by atoms with Gasteiger partial charge in [-0.05, 0) is 30.5 Å². The summed E-state index contributed by atoms with van der Waals surface area (Å²) in [6.07, 6.45) is 0.396. The predicted molar refractivity (Wildman–Crippen MR) is 48.9 cm³/mol. The lowest BCUT2D eigenvalue weighted by atomic mass is 10.1. The van der Waals surface area contributed by atoms with Gasteiger partial charge >= 0.3 is 0 Å². The molecule has 0 fully saturated rings. The van der Waals surface area contributed by atoms with Crippen LogP contribution in [0, 0.1) is 5.82 Å². The molecule has 0 unspecified atom stereocenters. The maximum absolute atomic E-state index is 12.5. The zero-order valence-electron chi connectivity index (χ0n) is 7.87. The number of carboxylic acids is 1. The highest BCUT2D eigenvalue weighted by molar-refractivity contribution is 5.84. The zero-order valence-corrected chi connectivity index (χ0v) is 7.87. The Bertz CT molecular complexity index is 369. The molecule has 1 aromatic rings. The normalized spacial score (nSPS) is 11.5. The van der Waals surface area contributed by atoms with Gasteiger partial charge in [-0.3, -0.25) is 0 Å². The van der Waals surface area contributed by atoms with Gasteiger partial charge < -0.3 is 9.90 Å². The first kappa shape index (κ1) is 11.4. The van der Waals surface area contributed by atoms with Gasteiger partial charge in [0.25, 0.3) is 0 Å². The van der Waals surface area contributed by atoms with Gasteiger partial charge in [-0.25, -0.2) is 8.78 Å². The van der Waals surface area contributed by atoms with E-state index in [9.17, 15) is 18.7 Å². The van der Waals surface area contributed by atoms with E-state index < -0.39 is 5.97 Å². The average molecular weight is 211 g/mol. The number of carbonyl (C=O) groups is 1. The summed E-state index contributed by atoms with van der Waals surface area (Å²) in [6, 6.07) is 5.60. The number of carboxylic acid groups (broad SMARTS) is 1. The van der Waals surface area contributed by atoms with Crippen molar-refractivity contribution < 1.29 is 18.7 Å². The maximum Gasteiger partial charge on any atom is 0.123 e. The number of hydrogen-bond acceptors (Lipinski definition) is 2. The van der Waals surface area contributed by atoms with Gasteiger partial charge in [-0.1, -0.05) is 12.1 Å². The minimum absolute atomic E-state index is 0.0266. The molecule has 2 nitrogen and oxygen atoms in total. The van der Waals surface area contributed by atoms with Gasteiger partial charge in [0.1, 0.15) is 5.82 Å². The molecule has 15 heavy (non-hydrogen) atoms. The Morgan fingerprint density at radius 3 is 2.40 bits per heavy atom. The fourth-order valence-electron chi connectivity index (χ4n) is 1.13. The van der Waals surface area contributed by atoms with Crippen LogP contribution in [0.1, 0.15) is 12.0 Å². The van der Waals surface area contributed by atoms with E-state index in [1.165, 1.54) is 24.3 Å². The molecule has 1 aromatic carbocycles. The minimum Gasteiger partial charge on any atom is -0.545 e. The number of hydrogen-bond donors (Lipinski definition) is 0. The molecule has 0 aromatic heterocycles. The monoisotopic (exact) mass is 211 g/mol. The summed E-state index contributed by atoms with van der Waals surface area (Å²) in [5.41, 5.74) is 0.358. The van der Waals surface area contributed by atoms with Crippen LogP contribution in [0.2, 0.25) is 0 Å². The number of aryl methyl sites for hydroxylation is 1. The minimum atomic E-state index is -1.51. The highest BCUT2D eigenvalue weighted by atomic mass is 19.1. The molecule has 0 saturated carbocycles. The second-order valence-electron chi connectivity index (χ2n) is 3.05. The summed E-state index contributed by atoms with van der Waals surface area (Å²) in [7, 11) is 0. The van der Waals surface area contributed by atoms with E-state index in [1.54, 1.807) is 0 Å². The van der Waals surface area contributed by atoms with Crippen molar-refractivity contribution in [2.45, 2.75) is 12.8 Å². The first-order valence-electron chi connectivity index (χ1n) is 4.38. The van der Waals surface area contributed by atoms with Gasteiger partial charge in [0.2, 0.25) is 0 Å². The summed E-state index contributed by atoms with van der Waals surface area (Å²) in [5, 5.41) is 10.3. The van der Waals surface area contributed by atoms with Crippen molar-refractivity contribution in [3.05, 3.63) is 47.5 Å². The lowest BCUT2D eigenvalue weighted by molar-refractivity contribution is -0.299. The Kier molecular flexibility index (Phi) is 3.97. The van der Waals surface area contributed by atoms with Crippen LogP contribution in [0.4, 0.5) is 8.78 Å². The molecule has 80 valence electrons. The number of aliphatic carboxylic acids is 1. The number of benzene rings is 1. The van der Waals surface area contributed by atoms with Crippen LogP contribution < -0.4 is 5.11 Å². The van der Waals surface area contributed by atoms with E-state index in [2.05, 4.69) is 0 Å². The summed E-state index contributed by atoms with van der Waals surface area (Å²) >= 11 is 0. The Morgan fingerprint density at radius 1 is 1.33 bits per heavy atom. The SMILES string of the molecule is O=C([O-])/C(=C\F)CCc1ccc(F)cc1. The molecule has 1 rings (SSSR count). The smallest absolute Gasteiger partial charge is 0.123 e. The predicted octanol–water partition coefficient (Wildman–Crippen LogP) is 1.36. The fourth-order valence-corrected chi connectivity index (χ4v) is 1.13. The van der Waals surface area contributed by atoms with Crippen LogP contribution in [0.15, 0.2) is 36.2 Å². The standard InChI is InChI=1S/C11H10F2O2/c12-7-9(11(14)15)4-1-8-2-5-10(13)6-3-8/h2-3,5-7H,1,4H2,(H,14,15)/p-1/b9-7-. The second-order valence-corrected chi connectivity index (χ2v) is 3.05. The highest BCUT2D eigenvalue weighted by Gasteiger charge is 2.00. The zero-order chi connectivity index (χ0) is 11.3. The molecule has 0 spiro atoms. The van der Waals surface area contributed by atoms with E-state index in [4.69, 9.17) is 0 Å². The third-order valence-electron chi connectivity index (χ3n) is 1.99. The quantitative estimate of drug-likeness (QED) is 0.705. The molecular weight excluding hydrogens is 202 g/mol. The molecule has 0 aliphatic rings. The summed E-state index contributed by atoms with van der Waals surface area (Å²) < 4.78 is 24.5. The molecule has 0 atom stereocenters. The Hall–Kier alpha value is -1.71. The Morgan fingerprint density at radius 2 is 1.93 bits per heavy atom. The largest absolute Gasteiger partial charge is 0.545 e. The highest BCUT2D eigenvalue weighted by Crippen LogP contribution is 2.10. The van der Waals surface area contributed by atoms with Crippen LogP contribution in [0.25, 0.3) is 0 Å². The molecule has 0 aliphatic heterocycles. The fraction of sp³-hybridized carbons (Fsp3) is 0.182. The second kappa shape index (κ2) is 5.24. The van der Waals surface area contributed by atoms with Crippen molar-refractivity contribution >= 4 is 5.97 Å². The van der Waals surface area contributed by atoms with Gasteiger partial charge in [0.15, 0.2) is 0 Å². The van der Waals surface area contributed by atoms with Crippen LogP contribution in [-0.2, 0) is 11.2 Å². The lowest BCUT2D eigenvalue weighted by Crippen LogP contribution is -2.24. The lowest BCUT2D eigenvalue weighted by Gasteiger charge is -2.06. The Labute approximate surface area is 85.9 Å². The van der Waals surface area contributed by atoms with Gasteiger partial charge in [0.05, 0.1) is 12.3 Å². The number of carbonyl (C=O) groups excluding carboxylic acids is 1. The first-order valence-corrected chi connectivity index (χ1v) is 4.38. The van der Waals surface area contributed by atoms with Gasteiger partial charge in [0, 0.05) is 5.57 Å². The Balaban J connectivity index is 2.57. The molecule has 0 N–H and O–H groups in total. The van der Waals surface area contributed by atoms with Crippen LogP contribution in [0.5, 0.6) is 0 Å². The number of halogens is 2. The van der Waals surface area contributed by atoms with Crippen LogP contribution >= 0.6 is 0 Å². The van der Waals surface area contributed by atoms with Crippen molar-refractivity contribution in [3.63, 3.8) is 0 Å². The van der Waals surface area contributed by atoms with E-state index in [0.717, 1.165) is 5.56 Å². The maximum atomic E-state index is 12.5. The molecule has 4 heteroatoms. The summed E-state index contributed by atoms with van der Waals surface area (Å²) in [6.45, 7) is 0. The van der Waals surface area contributed by atoms with E-state index in [-0.39, 0.29) is 24.1 Å². The summed E-state index contributed by atoms with van der Waals surface area (Å²) in [4.78, 5) is 10.3. The molecule has 0 aliphatic carbocycles. The van der Waals surface area contributed by atoms with E-state index >= 15 is 0 Å². The molecular formula is C11H9F2O2-. The van der Waals surface area contributed by atoms with Gasteiger partial charge in [-0.15, -0.1) is 0 Å². The summed E-state index contributed by atoms with van der Waals surface area (Å²) in [5.74, 6) is -1.88. The van der Waals surface area contributed by atoms with Crippen molar-refractivity contribution in [2.24, 2.45) is 0 Å². The van der Waals surface area contributed by atoms with Crippen LogP contribution in [0.3, 0.4) is 0 Å². The molecule has 0 heterocycles. The van der Waals surface area contributed by atoms with Crippen molar-refractivity contribution in [3.8, 4) is 0 Å². The van der Waals surface area contributed by atoms with Crippen molar-refractivity contribution in [2.75, 3.05) is 0 Å². The molecule has 0 bridgehead atoms. The third kappa shape index (κ3) is 3.50. The number of rotatable bonds is 4. The van der Waals surface area contributed by atoms with Crippen molar-refractivity contribution in [1.29, 1.82) is 0 Å². The van der Waals surface area contributed by atoms with Crippen LogP contribution in [-0.4, -0.2) is 5.97 Å². The van der Waals surface area contributed by atoms with Crippen molar-refractivity contribution in [1.82, 2.24) is 0 Å². The first-order chi connectivity index (χ1) is 7.13.